The Labute approximate surface area is 164 Å². The van der Waals surface area contributed by atoms with Gasteiger partial charge in [-0.2, -0.15) is 0 Å². The first kappa shape index (κ1) is 19.9. The lowest BCUT2D eigenvalue weighted by atomic mass is 9.86. The van der Waals surface area contributed by atoms with Gasteiger partial charge in [0.15, 0.2) is 0 Å². The van der Waals surface area contributed by atoms with E-state index in [-0.39, 0.29) is 6.04 Å². The van der Waals surface area contributed by atoms with E-state index in [0.717, 1.165) is 39.3 Å². The van der Waals surface area contributed by atoms with Crippen LogP contribution in [0.1, 0.15) is 58.1 Å². The number of nitrogens with one attached hydrogen (secondary N) is 1. The minimum atomic E-state index is -0.441. The molecule has 3 nitrogen and oxygen atoms in total. The highest BCUT2D eigenvalue weighted by molar-refractivity contribution is 6.25. The van der Waals surface area contributed by atoms with Crippen molar-refractivity contribution in [3.63, 3.8) is 0 Å². The molecule has 1 N–H and O–H groups in total. The SMILES string of the molecule is CC/C(C)=C(\C(c1ccccc1)N1CCNC1)C(C)(Cl)N1CCCCC1. The molecule has 0 aliphatic carbocycles. The van der Waals surface area contributed by atoms with E-state index in [0.29, 0.717) is 0 Å². The lowest BCUT2D eigenvalue weighted by molar-refractivity contribution is 0.145. The van der Waals surface area contributed by atoms with Crippen LogP contribution < -0.4 is 5.32 Å². The average Bonchev–Trinajstić information content (AvgIpc) is 3.21. The largest absolute Gasteiger partial charge is 0.303 e. The first-order chi connectivity index (χ1) is 12.6. The highest BCUT2D eigenvalue weighted by Crippen LogP contribution is 2.44. The zero-order chi connectivity index (χ0) is 18.6. The number of alkyl halides is 1. The van der Waals surface area contributed by atoms with Gasteiger partial charge >= 0.3 is 0 Å². The Morgan fingerprint density at radius 2 is 1.85 bits per heavy atom. The number of likely N-dealkylation sites (tertiary alicyclic amines) is 1. The number of benzene rings is 1. The van der Waals surface area contributed by atoms with Crippen molar-refractivity contribution in [2.24, 2.45) is 0 Å². The summed E-state index contributed by atoms with van der Waals surface area (Å²) < 4.78 is 0. The molecular weight excluding hydrogens is 342 g/mol. The Bertz CT molecular complexity index is 599. The second kappa shape index (κ2) is 8.88. The van der Waals surface area contributed by atoms with Gasteiger partial charge in [-0.05, 0) is 44.2 Å². The van der Waals surface area contributed by atoms with Gasteiger partial charge in [0.05, 0.1) is 6.04 Å². The van der Waals surface area contributed by atoms with Crippen LogP contribution >= 0.6 is 11.6 Å². The van der Waals surface area contributed by atoms with Gasteiger partial charge in [0.2, 0.25) is 0 Å². The second-order valence-corrected chi connectivity index (χ2v) is 8.57. The van der Waals surface area contributed by atoms with Crippen molar-refractivity contribution in [2.45, 2.75) is 57.5 Å². The molecule has 4 heteroatoms. The Kier molecular flexibility index (Phi) is 6.79. The third-order valence-corrected chi connectivity index (χ3v) is 6.52. The molecule has 0 saturated carbocycles. The number of hydrogen-bond acceptors (Lipinski definition) is 3. The van der Waals surface area contributed by atoms with E-state index in [1.807, 2.05) is 0 Å². The molecule has 0 aromatic heterocycles. The number of halogens is 1. The van der Waals surface area contributed by atoms with Crippen LogP contribution in [0.25, 0.3) is 0 Å². The Balaban J connectivity index is 2.06. The summed E-state index contributed by atoms with van der Waals surface area (Å²) in [5, 5.41) is 3.51. The number of piperidine rings is 1. The molecule has 2 saturated heterocycles. The van der Waals surface area contributed by atoms with Gasteiger partial charge in [0.1, 0.15) is 5.00 Å². The molecule has 1 aromatic carbocycles. The summed E-state index contributed by atoms with van der Waals surface area (Å²) in [5.74, 6) is 0. The molecule has 2 aliphatic rings. The van der Waals surface area contributed by atoms with Crippen molar-refractivity contribution in [1.29, 1.82) is 0 Å². The summed E-state index contributed by atoms with van der Waals surface area (Å²) in [4.78, 5) is 4.62. The van der Waals surface area contributed by atoms with Crippen LogP contribution in [0.2, 0.25) is 0 Å². The van der Waals surface area contributed by atoms with Crippen molar-refractivity contribution < 1.29 is 0 Å². The first-order valence-corrected chi connectivity index (χ1v) is 10.6. The lowest BCUT2D eigenvalue weighted by Crippen LogP contribution is -2.49. The van der Waals surface area contributed by atoms with Crippen LogP contribution in [-0.4, -0.2) is 47.6 Å². The lowest BCUT2D eigenvalue weighted by Gasteiger charge is -2.45. The van der Waals surface area contributed by atoms with Crippen molar-refractivity contribution in [1.82, 2.24) is 15.1 Å². The van der Waals surface area contributed by atoms with Gasteiger partial charge in [0.25, 0.3) is 0 Å². The fraction of sp³-hybridized carbons (Fsp3) is 0.636. The zero-order valence-corrected chi connectivity index (χ0v) is 17.4. The molecule has 3 rings (SSSR count). The Hall–Kier alpha value is -0.870. The molecule has 0 bridgehead atoms. The number of nitrogens with zero attached hydrogens (tertiary/aromatic N) is 2. The summed E-state index contributed by atoms with van der Waals surface area (Å²) in [7, 11) is 0. The van der Waals surface area contributed by atoms with Gasteiger partial charge in [0, 0.05) is 32.8 Å². The fourth-order valence-corrected chi connectivity index (χ4v) is 4.92. The van der Waals surface area contributed by atoms with Crippen LogP contribution in [0.3, 0.4) is 0 Å². The summed E-state index contributed by atoms with van der Waals surface area (Å²) in [5.41, 5.74) is 4.16. The van der Waals surface area contributed by atoms with E-state index in [4.69, 9.17) is 11.6 Å². The van der Waals surface area contributed by atoms with Crippen molar-refractivity contribution in [2.75, 3.05) is 32.8 Å². The maximum absolute atomic E-state index is 7.40. The predicted molar refractivity (Wildman–Crippen MR) is 111 cm³/mol. The van der Waals surface area contributed by atoms with E-state index >= 15 is 0 Å². The number of allylic oxidation sites excluding steroid dienone is 1. The predicted octanol–water partition coefficient (Wildman–Crippen LogP) is 4.76. The molecule has 2 atom stereocenters. The van der Waals surface area contributed by atoms with Gasteiger partial charge in [-0.1, -0.05) is 60.9 Å². The summed E-state index contributed by atoms with van der Waals surface area (Å²) in [6.45, 7) is 12.0. The number of rotatable bonds is 6. The maximum atomic E-state index is 7.40. The van der Waals surface area contributed by atoms with Crippen LogP contribution in [0.5, 0.6) is 0 Å². The molecule has 2 aliphatic heterocycles. The highest BCUT2D eigenvalue weighted by Gasteiger charge is 2.41. The van der Waals surface area contributed by atoms with Gasteiger partial charge in [-0.25, -0.2) is 0 Å². The smallest absolute Gasteiger partial charge is 0.117 e. The second-order valence-electron chi connectivity index (χ2n) is 7.83. The van der Waals surface area contributed by atoms with E-state index in [2.05, 4.69) is 66.2 Å². The monoisotopic (exact) mass is 375 g/mol. The molecule has 2 fully saturated rings. The molecule has 144 valence electrons. The van der Waals surface area contributed by atoms with E-state index in [1.165, 1.54) is 36.0 Å². The van der Waals surface area contributed by atoms with Crippen LogP contribution in [0.15, 0.2) is 41.5 Å². The molecular formula is C22H34ClN3. The van der Waals surface area contributed by atoms with Gasteiger partial charge in [-0.15, -0.1) is 0 Å². The first-order valence-electron chi connectivity index (χ1n) is 10.2. The van der Waals surface area contributed by atoms with E-state index in [1.54, 1.807) is 0 Å². The highest BCUT2D eigenvalue weighted by atomic mass is 35.5. The minimum Gasteiger partial charge on any atom is -0.303 e. The quantitative estimate of drug-likeness (QED) is 0.439. The van der Waals surface area contributed by atoms with Gasteiger partial charge in [-0.3, -0.25) is 9.80 Å². The summed E-state index contributed by atoms with van der Waals surface area (Å²) >= 11 is 7.40. The maximum Gasteiger partial charge on any atom is 0.117 e. The van der Waals surface area contributed by atoms with Crippen LogP contribution in [-0.2, 0) is 0 Å². The van der Waals surface area contributed by atoms with Gasteiger partial charge < -0.3 is 5.32 Å². The van der Waals surface area contributed by atoms with Crippen molar-refractivity contribution in [3.05, 3.63) is 47.0 Å². The van der Waals surface area contributed by atoms with Crippen LogP contribution in [0.4, 0.5) is 0 Å². The van der Waals surface area contributed by atoms with E-state index in [9.17, 15) is 0 Å². The third-order valence-electron chi connectivity index (χ3n) is 6.08. The van der Waals surface area contributed by atoms with Crippen LogP contribution in [0, 0.1) is 0 Å². The molecule has 0 amide bonds. The zero-order valence-electron chi connectivity index (χ0n) is 16.6. The third kappa shape index (κ3) is 4.17. The fourth-order valence-electron chi connectivity index (χ4n) is 4.49. The standard InChI is InChI=1S/C22H34ClN3/c1-4-18(2)20(22(3,23)26-14-9-6-10-15-26)21(25-16-13-24-17-25)19-11-7-5-8-12-19/h5,7-8,11-12,21,24H,4,6,9-10,13-17H2,1-3H3/b20-18+. The molecule has 2 heterocycles. The summed E-state index contributed by atoms with van der Waals surface area (Å²) in [6.07, 6.45) is 4.87. The number of hydrogen-bond donors (Lipinski definition) is 1. The Morgan fingerprint density at radius 1 is 1.15 bits per heavy atom. The molecule has 0 radical (unpaired) electrons. The van der Waals surface area contributed by atoms with E-state index < -0.39 is 5.00 Å². The summed E-state index contributed by atoms with van der Waals surface area (Å²) in [6, 6.07) is 11.2. The Morgan fingerprint density at radius 3 is 2.42 bits per heavy atom. The minimum absolute atomic E-state index is 0.232. The van der Waals surface area contributed by atoms with Crippen molar-refractivity contribution >= 4 is 11.6 Å². The molecule has 1 aromatic rings. The van der Waals surface area contributed by atoms with Crippen molar-refractivity contribution in [3.8, 4) is 0 Å². The average molecular weight is 376 g/mol. The molecule has 0 spiro atoms. The molecule has 26 heavy (non-hydrogen) atoms. The normalized spacial score (nSPS) is 24.2. The topological polar surface area (TPSA) is 18.5 Å². The molecule has 2 unspecified atom stereocenters.